The second-order valence-electron chi connectivity index (χ2n) is 24.3. The van der Waals surface area contributed by atoms with Gasteiger partial charge in [-0.05, 0) is 132 Å². The predicted octanol–water partition coefficient (Wildman–Crippen LogP) is 14.6. The average Bonchev–Trinajstić information content (AvgIpc) is 1.76. The first kappa shape index (κ1) is 91.6. The van der Waals surface area contributed by atoms with Crippen LogP contribution in [-0.2, 0) is 62.6 Å². The number of benzene rings is 10. The van der Waals surface area contributed by atoms with Crippen LogP contribution in [0.2, 0.25) is 20.6 Å². The topological polar surface area (TPSA) is 246 Å². The molecule has 0 atom stereocenters. The molecular formula is C81H70Br4Cl8N8O12-2. The number of nitrogens with zero attached hydrogens (tertiary/aromatic N) is 7. The van der Waals surface area contributed by atoms with Crippen LogP contribution in [0.15, 0.2) is 258 Å². The molecule has 14 rings (SSSR count). The van der Waals surface area contributed by atoms with Gasteiger partial charge in [-0.2, -0.15) is 0 Å². The fourth-order valence-electron chi connectivity index (χ4n) is 10.8. The normalized spacial score (nSPS) is 11.9. The van der Waals surface area contributed by atoms with E-state index in [1.807, 2.05) is 92.4 Å². The molecule has 0 saturated carbocycles. The molecule has 0 saturated heterocycles. The number of aromatic amines is 1. The minimum atomic E-state index is -1.01. The lowest BCUT2D eigenvalue weighted by Gasteiger charge is -2.23. The van der Waals surface area contributed by atoms with Gasteiger partial charge in [-0.15, -0.1) is 0 Å². The summed E-state index contributed by atoms with van der Waals surface area (Å²) in [5.41, 5.74) is 7.80. The van der Waals surface area contributed by atoms with Crippen molar-refractivity contribution in [2.24, 2.45) is 0 Å². The van der Waals surface area contributed by atoms with E-state index < -0.39 is 23.9 Å². The number of halogens is 12. The number of carboxylic acid groups (broad SMARTS) is 4. The largest absolute Gasteiger partial charge is 1.00 e. The van der Waals surface area contributed by atoms with Crippen LogP contribution in [0.5, 0.6) is 23.0 Å². The molecule has 4 heterocycles. The Kier molecular flexibility index (Phi) is 37.8. The molecule has 0 unspecified atom stereocenters. The molecule has 113 heavy (non-hydrogen) atoms. The van der Waals surface area contributed by atoms with Gasteiger partial charge in [0.2, 0.25) is 0 Å². The van der Waals surface area contributed by atoms with Crippen molar-refractivity contribution < 1.29 is 92.5 Å². The molecule has 0 spiro atoms. The molecule has 0 aliphatic carbocycles. The molecule has 2 aliphatic heterocycles. The molecule has 2 aromatic heterocycles. The minimum absolute atomic E-state index is 0. The Labute approximate surface area is 729 Å². The van der Waals surface area contributed by atoms with E-state index in [0.717, 1.165) is 44.0 Å². The third-order valence-electron chi connectivity index (χ3n) is 16.2. The number of carbonyl (C=O) groups is 4. The summed E-state index contributed by atoms with van der Waals surface area (Å²) < 4.78 is 22.0. The minimum Gasteiger partial charge on any atom is -1.00 e. The number of carboxylic acids is 4. The molecule has 0 amide bonds. The molecular weight excluding hydrogens is 1880 g/mol. The Morgan fingerprint density at radius 3 is 0.912 bits per heavy atom. The van der Waals surface area contributed by atoms with E-state index in [0.29, 0.717) is 105 Å². The molecule has 0 fully saturated rings. The van der Waals surface area contributed by atoms with Gasteiger partial charge in [0, 0.05) is 43.4 Å². The third kappa shape index (κ3) is 29.3. The Balaban J connectivity index is 0.000000198. The highest BCUT2D eigenvalue weighted by molar-refractivity contribution is 9.08. The molecule has 20 nitrogen and oxygen atoms in total. The Bertz CT molecular complexity index is 4980. The van der Waals surface area contributed by atoms with Gasteiger partial charge in [-0.1, -0.05) is 288 Å². The fraction of sp³-hybridized carbons (Fsp3) is 0.160. The van der Waals surface area contributed by atoms with Crippen LogP contribution in [0.1, 0.15) is 38.9 Å². The number of rotatable bonds is 24. The number of hydrogen-bond acceptors (Lipinski definition) is 14. The molecule has 2 aliphatic rings. The zero-order chi connectivity index (χ0) is 79.3. The Morgan fingerprint density at radius 1 is 0.354 bits per heavy atom. The van der Waals surface area contributed by atoms with Crippen molar-refractivity contribution in [1.29, 1.82) is 0 Å². The first-order chi connectivity index (χ1) is 53.5. The zero-order valence-electron chi connectivity index (χ0n) is 59.4. The van der Waals surface area contributed by atoms with Gasteiger partial charge in [0.15, 0.2) is 36.7 Å². The van der Waals surface area contributed by atoms with Crippen molar-refractivity contribution in [3.8, 4) is 23.0 Å². The highest BCUT2D eigenvalue weighted by Crippen LogP contribution is 2.35. The molecule has 0 bridgehead atoms. The first-order valence-electron chi connectivity index (χ1n) is 33.6. The molecule has 12 aromatic rings. The van der Waals surface area contributed by atoms with Crippen molar-refractivity contribution in [3.05, 3.63) is 317 Å². The van der Waals surface area contributed by atoms with Crippen LogP contribution < -0.4 is 52.9 Å². The van der Waals surface area contributed by atoms with E-state index >= 15 is 0 Å². The van der Waals surface area contributed by atoms with E-state index in [-0.39, 0.29) is 65.5 Å². The Hall–Kier alpha value is -8.60. The van der Waals surface area contributed by atoms with Gasteiger partial charge in [-0.25, -0.2) is 29.1 Å². The summed E-state index contributed by atoms with van der Waals surface area (Å²) in [7, 11) is 0. The summed E-state index contributed by atoms with van der Waals surface area (Å²) in [6.07, 6.45) is 2.99. The lowest BCUT2D eigenvalue weighted by Crippen LogP contribution is -3.00. The third-order valence-corrected chi connectivity index (χ3v) is 20.8. The maximum Gasteiger partial charge on any atom is 0.341 e. The van der Waals surface area contributed by atoms with Gasteiger partial charge in [0.25, 0.3) is 0 Å². The second-order valence-corrected chi connectivity index (χ2v) is 28.3. The van der Waals surface area contributed by atoms with Gasteiger partial charge >= 0.3 is 23.9 Å². The quantitative estimate of drug-likeness (QED) is 0.0279. The molecule has 592 valence electrons. The molecule has 0 radical (unpaired) electrons. The van der Waals surface area contributed by atoms with Crippen LogP contribution in [0, 0.1) is 0 Å². The maximum absolute atomic E-state index is 10.6. The van der Waals surface area contributed by atoms with Gasteiger partial charge in [-0.3, -0.25) is 0 Å². The van der Waals surface area contributed by atoms with Gasteiger partial charge < -0.3 is 102 Å². The highest BCUT2D eigenvalue weighted by atomic mass is 79.9. The average molecular weight is 1950 g/mol. The lowest BCUT2D eigenvalue weighted by atomic mass is 10.1. The van der Waals surface area contributed by atoms with Crippen LogP contribution in [0.4, 0.5) is 0 Å². The number of aliphatic carboxylic acids is 4. The standard InChI is InChI=1S/2C23H20Cl2N2O3.C12H10Cl2N2O3.C11H9Br.C9H9BrO3.C3H2Cl2N2.2BrH/c2*24-22-23(25)27(13-17-5-8-18-3-1-2-4-19(18)11-17)15-26(22)12-16-6-9-20(10-7-16)30-14-21(28)29;13-11-12(14)16(7-15-11)5-8-1-3-9(4-2-8)19-6-10(17)18;12-8-9-5-6-10-3-1-2-4-11(10)7-9;10-5-7-1-3-8(4-2-7)13-6-9(11)12;4-2-3(5)7-1-6-2;;/h2*1-11H,12-15H2,(H,28,29);1-4,7H,5-6H2,(H,17,18);1-7H,8H2;1-4H,5-6H2,(H,11,12);1H,(H,6,7);2*1H/p-2. The van der Waals surface area contributed by atoms with Crippen LogP contribution >= 0.6 is 125 Å². The van der Waals surface area contributed by atoms with Crippen molar-refractivity contribution in [2.45, 2.75) is 43.4 Å². The van der Waals surface area contributed by atoms with Crippen LogP contribution in [-0.4, -0.2) is 123 Å². The summed E-state index contributed by atoms with van der Waals surface area (Å²) in [5, 5.41) is 46.8. The number of ether oxygens (including phenoxy) is 4. The maximum atomic E-state index is 10.6. The van der Waals surface area contributed by atoms with Crippen molar-refractivity contribution >= 4 is 181 Å². The number of alkyl halides is 2. The zero-order valence-corrected chi connectivity index (χ0v) is 71.8. The van der Waals surface area contributed by atoms with E-state index in [4.69, 9.17) is 132 Å². The number of hydrogen-bond donors (Lipinski definition) is 5. The van der Waals surface area contributed by atoms with Crippen LogP contribution in [0.25, 0.3) is 32.3 Å². The predicted molar refractivity (Wildman–Crippen MR) is 445 cm³/mol. The van der Waals surface area contributed by atoms with Crippen molar-refractivity contribution in [2.75, 3.05) is 39.8 Å². The van der Waals surface area contributed by atoms with E-state index in [9.17, 15) is 19.2 Å². The Morgan fingerprint density at radius 2 is 0.637 bits per heavy atom. The van der Waals surface area contributed by atoms with E-state index in [2.05, 4.69) is 150 Å². The van der Waals surface area contributed by atoms with E-state index in [1.54, 1.807) is 59.4 Å². The molecule has 5 N–H and O–H groups in total. The summed E-state index contributed by atoms with van der Waals surface area (Å²) in [6.45, 7) is 2.82. The summed E-state index contributed by atoms with van der Waals surface area (Å²) >= 11 is 55.2. The number of H-pyrrole nitrogens is 1. The number of aromatic nitrogens is 4. The first-order valence-corrected chi connectivity index (χ1v) is 38.8. The summed E-state index contributed by atoms with van der Waals surface area (Å²) in [4.78, 5) is 59.9. The summed E-state index contributed by atoms with van der Waals surface area (Å²) in [6, 6.07) is 73.1. The second kappa shape index (κ2) is 46.7. The highest BCUT2D eigenvalue weighted by Gasteiger charge is 2.29. The molecule has 10 aromatic carbocycles. The van der Waals surface area contributed by atoms with Gasteiger partial charge in [0.05, 0.1) is 26.0 Å². The monoisotopic (exact) mass is 1940 g/mol. The molecule has 32 heteroatoms. The number of nitrogens with one attached hydrogen (secondary N) is 1. The number of fused-ring (bicyclic) bond motifs is 3. The SMILES string of the molecule is BrCc1ccc2ccccc2c1.Clc1nc[nH]c1Cl.O=C(O)COc1ccc(CBr)cc1.O=C(O)COc1ccc(CN2CN(Cc3ccc4ccccc4c3)C(Cl)=C2Cl)cc1.O=C(O)COc1ccc(CN2CN(Cc3ccc4ccccc4c3)C(Cl)=C2Cl)cc1.O=C(O)COc1ccc(Cn2cnc(Cl)c2Cl)cc1.[Br-].[Br-]. The number of imidazole rings is 2. The fourth-order valence-corrected chi connectivity index (χ4v) is 12.9. The van der Waals surface area contributed by atoms with Gasteiger partial charge in [0.1, 0.15) is 53.9 Å². The van der Waals surface area contributed by atoms with Crippen molar-refractivity contribution in [1.82, 2.24) is 39.1 Å². The van der Waals surface area contributed by atoms with Crippen molar-refractivity contribution in [3.63, 3.8) is 0 Å². The smallest absolute Gasteiger partial charge is 0.341 e. The van der Waals surface area contributed by atoms with Crippen LogP contribution in [0.3, 0.4) is 0 Å². The van der Waals surface area contributed by atoms with E-state index in [1.165, 1.54) is 44.2 Å². The summed E-state index contributed by atoms with van der Waals surface area (Å²) in [5.74, 6) is -1.88. The lowest BCUT2D eigenvalue weighted by molar-refractivity contribution is -0.140.